The van der Waals surface area contributed by atoms with Crippen LogP contribution in [0.25, 0.3) is 11.0 Å². The lowest BCUT2D eigenvalue weighted by atomic mass is 9.97. The van der Waals surface area contributed by atoms with Crippen molar-refractivity contribution in [2.75, 3.05) is 0 Å². The van der Waals surface area contributed by atoms with E-state index in [1.54, 1.807) is 13.0 Å². The number of esters is 1. The Hall–Kier alpha value is -2.66. The van der Waals surface area contributed by atoms with Gasteiger partial charge in [-0.25, -0.2) is 4.39 Å². The van der Waals surface area contributed by atoms with E-state index < -0.39 is 17.9 Å². The van der Waals surface area contributed by atoms with Crippen molar-refractivity contribution in [3.05, 3.63) is 71.2 Å². The van der Waals surface area contributed by atoms with E-state index in [0.717, 1.165) is 11.1 Å². The lowest BCUT2D eigenvalue weighted by Crippen LogP contribution is -2.27. The van der Waals surface area contributed by atoms with Gasteiger partial charge in [0, 0.05) is 10.9 Å². The van der Waals surface area contributed by atoms with Gasteiger partial charge in [-0.2, -0.15) is 0 Å². The summed E-state index contributed by atoms with van der Waals surface area (Å²) < 4.78 is 24.5. The van der Waals surface area contributed by atoms with Gasteiger partial charge in [0.2, 0.25) is 0 Å². The van der Waals surface area contributed by atoms with E-state index in [1.807, 2.05) is 37.3 Å². The lowest BCUT2D eigenvalue weighted by Gasteiger charge is -2.17. The maximum absolute atomic E-state index is 13.4. The molecule has 4 nitrogen and oxygen atoms in total. The minimum atomic E-state index is -0.668. The first-order valence-electron chi connectivity index (χ1n) is 8.12. The number of rotatable bonds is 5. The third-order valence-corrected chi connectivity index (χ3v) is 4.37. The van der Waals surface area contributed by atoms with Gasteiger partial charge >= 0.3 is 5.97 Å². The standard InChI is InChI=1S/C20H20FNO3/c1-12-16-10-15(21)8-9-17(16)25-19(12)18(22)13(2)20(23)24-11-14-6-4-3-5-7-14/h3-10,13,18H,11,22H2,1-2H3/t13?,18-/m0/s1. The van der Waals surface area contributed by atoms with Gasteiger partial charge in [0.1, 0.15) is 23.8 Å². The van der Waals surface area contributed by atoms with Crippen molar-refractivity contribution < 1.29 is 18.3 Å². The molecule has 0 aliphatic heterocycles. The number of ether oxygens (including phenoxy) is 1. The SMILES string of the molecule is Cc1c([C@@H](N)C(C)C(=O)OCc2ccccc2)oc2ccc(F)cc12. The minimum absolute atomic E-state index is 0.195. The normalized spacial score (nSPS) is 13.6. The van der Waals surface area contributed by atoms with Gasteiger partial charge in [0.15, 0.2) is 0 Å². The molecule has 0 saturated heterocycles. The van der Waals surface area contributed by atoms with E-state index in [-0.39, 0.29) is 12.4 Å². The largest absolute Gasteiger partial charge is 0.461 e. The van der Waals surface area contributed by atoms with E-state index in [2.05, 4.69) is 0 Å². The number of halogens is 1. The van der Waals surface area contributed by atoms with Crippen LogP contribution < -0.4 is 5.73 Å². The summed E-state index contributed by atoms with van der Waals surface area (Å²) in [6.07, 6.45) is 0. The number of nitrogens with two attached hydrogens (primary N) is 1. The fourth-order valence-electron chi connectivity index (χ4n) is 2.76. The summed E-state index contributed by atoms with van der Waals surface area (Å²) >= 11 is 0. The van der Waals surface area contributed by atoms with E-state index in [9.17, 15) is 9.18 Å². The summed E-state index contributed by atoms with van der Waals surface area (Å²) in [5.74, 6) is -0.855. The number of carbonyl (C=O) groups is 1. The fraction of sp³-hybridized carbons (Fsp3) is 0.250. The second-order valence-electron chi connectivity index (χ2n) is 6.14. The second-order valence-corrected chi connectivity index (χ2v) is 6.14. The van der Waals surface area contributed by atoms with Gasteiger partial charge in [-0.3, -0.25) is 4.79 Å². The van der Waals surface area contributed by atoms with Gasteiger partial charge in [-0.15, -0.1) is 0 Å². The zero-order valence-electron chi connectivity index (χ0n) is 14.2. The molecular weight excluding hydrogens is 321 g/mol. The predicted octanol–water partition coefficient (Wildman–Crippen LogP) is 4.26. The Morgan fingerprint density at radius 3 is 2.68 bits per heavy atom. The molecule has 0 radical (unpaired) electrons. The smallest absolute Gasteiger partial charge is 0.311 e. The molecule has 2 atom stereocenters. The first kappa shape index (κ1) is 17.2. The quantitative estimate of drug-likeness (QED) is 0.704. The Bertz CT molecular complexity index is 889. The number of aryl methyl sites for hydroxylation is 1. The molecule has 0 aliphatic carbocycles. The van der Waals surface area contributed by atoms with Crippen LogP contribution in [-0.4, -0.2) is 5.97 Å². The third-order valence-electron chi connectivity index (χ3n) is 4.37. The average molecular weight is 341 g/mol. The summed E-state index contributed by atoms with van der Waals surface area (Å²) in [7, 11) is 0. The molecule has 130 valence electrons. The maximum Gasteiger partial charge on any atom is 0.311 e. The molecule has 2 N–H and O–H groups in total. The Morgan fingerprint density at radius 2 is 1.96 bits per heavy atom. The van der Waals surface area contributed by atoms with Crippen LogP contribution in [0, 0.1) is 18.7 Å². The van der Waals surface area contributed by atoms with Crippen LogP contribution in [0.2, 0.25) is 0 Å². The first-order valence-corrected chi connectivity index (χ1v) is 8.12. The van der Waals surface area contributed by atoms with Crippen LogP contribution >= 0.6 is 0 Å². The van der Waals surface area contributed by atoms with Gasteiger partial charge in [0.25, 0.3) is 0 Å². The second kappa shape index (κ2) is 7.07. The highest BCUT2D eigenvalue weighted by molar-refractivity contribution is 5.82. The molecule has 1 heterocycles. The zero-order chi connectivity index (χ0) is 18.0. The fourth-order valence-corrected chi connectivity index (χ4v) is 2.76. The summed E-state index contributed by atoms with van der Waals surface area (Å²) in [5, 5.41) is 0.662. The zero-order valence-corrected chi connectivity index (χ0v) is 14.2. The highest BCUT2D eigenvalue weighted by Crippen LogP contribution is 2.32. The molecule has 3 aromatic rings. The number of benzene rings is 2. The molecule has 0 bridgehead atoms. The van der Waals surface area contributed by atoms with Crippen molar-refractivity contribution in [1.82, 2.24) is 0 Å². The van der Waals surface area contributed by atoms with E-state index in [0.29, 0.717) is 16.7 Å². The van der Waals surface area contributed by atoms with Crippen LogP contribution in [0.3, 0.4) is 0 Å². The molecular formula is C20H20FNO3. The predicted molar refractivity (Wildman–Crippen MR) is 93.2 cm³/mol. The number of fused-ring (bicyclic) bond motifs is 1. The maximum atomic E-state index is 13.4. The van der Waals surface area contributed by atoms with Gasteiger partial charge in [-0.1, -0.05) is 30.3 Å². The van der Waals surface area contributed by atoms with Crippen molar-refractivity contribution >= 4 is 16.9 Å². The molecule has 0 saturated carbocycles. The summed E-state index contributed by atoms with van der Waals surface area (Å²) in [4.78, 5) is 12.3. The van der Waals surface area contributed by atoms with Crippen molar-refractivity contribution in [2.45, 2.75) is 26.5 Å². The van der Waals surface area contributed by atoms with Gasteiger partial charge in [-0.05, 0) is 37.6 Å². The summed E-state index contributed by atoms with van der Waals surface area (Å²) in [5.41, 5.74) is 8.42. The van der Waals surface area contributed by atoms with Crippen molar-refractivity contribution in [3.8, 4) is 0 Å². The highest BCUT2D eigenvalue weighted by atomic mass is 19.1. The number of carbonyl (C=O) groups excluding carboxylic acids is 1. The van der Waals surface area contributed by atoms with E-state index in [1.165, 1.54) is 12.1 Å². The molecule has 1 aromatic heterocycles. The summed E-state index contributed by atoms with van der Waals surface area (Å²) in [6, 6.07) is 13.1. The number of furan rings is 1. The van der Waals surface area contributed by atoms with E-state index >= 15 is 0 Å². The third kappa shape index (κ3) is 3.56. The van der Waals surface area contributed by atoms with Crippen LogP contribution in [0.1, 0.15) is 29.9 Å². The van der Waals surface area contributed by atoms with Gasteiger partial charge < -0.3 is 14.9 Å². The first-order chi connectivity index (χ1) is 12.0. The topological polar surface area (TPSA) is 65.5 Å². The van der Waals surface area contributed by atoms with Crippen molar-refractivity contribution in [1.29, 1.82) is 0 Å². The monoisotopic (exact) mass is 341 g/mol. The van der Waals surface area contributed by atoms with Crippen LogP contribution in [-0.2, 0) is 16.1 Å². The number of hydrogen-bond donors (Lipinski definition) is 1. The van der Waals surface area contributed by atoms with Crippen molar-refractivity contribution in [2.24, 2.45) is 11.7 Å². The van der Waals surface area contributed by atoms with E-state index in [4.69, 9.17) is 14.9 Å². The van der Waals surface area contributed by atoms with Gasteiger partial charge in [0.05, 0.1) is 12.0 Å². The Labute approximate surface area is 145 Å². The molecule has 3 rings (SSSR count). The molecule has 5 heteroatoms. The molecule has 2 aromatic carbocycles. The Kier molecular flexibility index (Phi) is 4.86. The molecule has 0 amide bonds. The van der Waals surface area contributed by atoms with Crippen LogP contribution in [0.5, 0.6) is 0 Å². The highest BCUT2D eigenvalue weighted by Gasteiger charge is 2.28. The Morgan fingerprint density at radius 1 is 1.24 bits per heavy atom. The summed E-state index contributed by atoms with van der Waals surface area (Å²) in [6.45, 7) is 3.70. The molecule has 0 spiro atoms. The lowest BCUT2D eigenvalue weighted by molar-refractivity contribution is -0.150. The van der Waals surface area contributed by atoms with Crippen LogP contribution in [0.4, 0.5) is 4.39 Å². The van der Waals surface area contributed by atoms with Crippen molar-refractivity contribution in [3.63, 3.8) is 0 Å². The number of hydrogen-bond acceptors (Lipinski definition) is 4. The molecule has 25 heavy (non-hydrogen) atoms. The molecule has 1 unspecified atom stereocenters. The molecule has 0 aliphatic rings. The minimum Gasteiger partial charge on any atom is -0.461 e. The average Bonchev–Trinajstić information content (AvgIpc) is 2.95. The van der Waals surface area contributed by atoms with Crippen LogP contribution in [0.15, 0.2) is 52.9 Å². The molecule has 0 fully saturated rings. The Balaban J connectivity index is 1.74.